The second-order valence-electron chi connectivity index (χ2n) is 3.53. The monoisotopic (exact) mass is 259 g/mol. The zero-order valence-corrected chi connectivity index (χ0v) is 10.1. The number of hydrogen-bond donors (Lipinski definition) is 3. The van der Waals surface area contributed by atoms with Crippen LogP contribution in [-0.4, -0.2) is 20.0 Å². The van der Waals surface area contributed by atoms with Crippen LogP contribution in [0.5, 0.6) is 0 Å². The molecule has 0 heterocycles. The van der Waals surface area contributed by atoms with Crippen molar-refractivity contribution >= 4 is 21.5 Å². The van der Waals surface area contributed by atoms with Crippen molar-refractivity contribution in [3.63, 3.8) is 0 Å². The van der Waals surface area contributed by atoms with Crippen LogP contribution in [0.25, 0.3) is 0 Å². The van der Waals surface area contributed by atoms with Crippen molar-refractivity contribution in [2.75, 3.05) is 10.5 Å². The van der Waals surface area contributed by atoms with Gasteiger partial charge in [0.15, 0.2) is 0 Å². The molecule has 0 saturated carbocycles. The van der Waals surface area contributed by atoms with E-state index < -0.39 is 15.8 Å². The number of amidine groups is 1. The highest BCUT2D eigenvalue weighted by Gasteiger charge is 2.12. The molecule has 17 heavy (non-hydrogen) atoms. The number of nitrogens with one attached hydrogen (secondary N) is 2. The topological polar surface area (TPSA) is 96.0 Å². The van der Waals surface area contributed by atoms with E-state index in [2.05, 4.69) is 4.72 Å². The van der Waals surface area contributed by atoms with Gasteiger partial charge in [0, 0.05) is 5.56 Å². The van der Waals surface area contributed by atoms with Crippen molar-refractivity contribution in [3.05, 3.63) is 29.6 Å². The molecule has 0 amide bonds. The van der Waals surface area contributed by atoms with Crippen LogP contribution in [0.1, 0.15) is 18.9 Å². The largest absolute Gasteiger partial charge is 0.384 e. The average Bonchev–Trinajstić information content (AvgIpc) is 2.20. The molecule has 4 N–H and O–H groups in total. The number of halogens is 1. The zero-order chi connectivity index (χ0) is 13.1. The fourth-order valence-corrected chi connectivity index (χ4v) is 2.39. The van der Waals surface area contributed by atoms with Gasteiger partial charge in [-0.05, 0) is 24.6 Å². The number of rotatable bonds is 5. The first-order valence-electron chi connectivity index (χ1n) is 5.00. The lowest BCUT2D eigenvalue weighted by Crippen LogP contribution is -2.17. The number of nitrogens with two attached hydrogens (primary N) is 1. The average molecular weight is 259 g/mol. The summed E-state index contributed by atoms with van der Waals surface area (Å²) in [5, 5.41) is 7.12. The van der Waals surface area contributed by atoms with Crippen molar-refractivity contribution < 1.29 is 12.8 Å². The minimum atomic E-state index is -3.52. The Kier molecular flexibility index (Phi) is 4.06. The van der Waals surface area contributed by atoms with Crippen LogP contribution < -0.4 is 10.5 Å². The van der Waals surface area contributed by atoms with E-state index in [1.54, 1.807) is 6.92 Å². The van der Waals surface area contributed by atoms with Gasteiger partial charge in [-0.1, -0.05) is 6.92 Å². The molecule has 94 valence electrons. The molecule has 0 aliphatic heterocycles. The van der Waals surface area contributed by atoms with Gasteiger partial charge < -0.3 is 5.73 Å². The molecular weight excluding hydrogens is 245 g/mol. The number of sulfonamides is 1. The number of anilines is 1. The highest BCUT2D eigenvalue weighted by atomic mass is 32.2. The third-order valence-corrected chi connectivity index (χ3v) is 3.50. The lowest BCUT2D eigenvalue weighted by molar-refractivity contribution is 0.597. The second-order valence-corrected chi connectivity index (χ2v) is 5.37. The molecule has 7 heteroatoms. The minimum Gasteiger partial charge on any atom is -0.384 e. The Morgan fingerprint density at radius 3 is 2.65 bits per heavy atom. The van der Waals surface area contributed by atoms with E-state index in [9.17, 15) is 12.8 Å². The molecule has 0 aliphatic rings. The van der Waals surface area contributed by atoms with Gasteiger partial charge in [0.25, 0.3) is 0 Å². The molecule has 5 nitrogen and oxygen atoms in total. The molecule has 0 spiro atoms. The molecular formula is C10H14FN3O2S. The van der Waals surface area contributed by atoms with E-state index in [1.165, 1.54) is 12.1 Å². The summed E-state index contributed by atoms with van der Waals surface area (Å²) in [6.07, 6.45) is 0.447. The lowest BCUT2D eigenvalue weighted by atomic mass is 10.2. The standard InChI is InChI=1S/C10H14FN3O2S/c1-2-5-17(15,16)14-9-4-3-7(10(12)13)6-8(9)11/h3-4,6,14H,2,5H2,1H3,(H3,12,13). The Balaban J connectivity index is 2.98. The first-order valence-corrected chi connectivity index (χ1v) is 6.65. The number of nitrogen functional groups attached to an aromatic ring is 1. The van der Waals surface area contributed by atoms with E-state index in [1.807, 2.05) is 0 Å². The molecule has 0 aromatic heterocycles. The third kappa shape index (κ3) is 3.70. The van der Waals surface area contributed by atoms with Gasteiger partial charge in [0.2, 0.25) is 10.0 Å². The highest BCUT2D eigenvalue weighted by molar-refractivity contribution is 7.92. The van der Waals surface area contributed by atoms with Crippen molar-refractivity contribution in [1.29, 1.82) is 5.41 Å². The van der Waals surface area contributed by atoms with E-state index in [0.29, 0.717) is 6.42 Å². The van der Waals surface area contributed by atoms with Crippen molar-refractivity contribution in [2.45, 2.75) is 13.3 Å². The Hall–Kier alpha value is -1.63. The summed E-state index contributed by atoms with van der Waals surface area (Å²) < 4.78 is 38.5. The van der Waals surface area contributed by atoms with Gasteiger partial charge in [-0.15, -0.1) is 0 Å². The predicted octanol–water partition coefficient (Wildman–Crippen LogP) is 1.26. The summed E-state index contributed by atoms with van der Waals surface area (Å²) in [4.78, 5) is 0. The van der Waals surface area contributed by atoms with Crippen LogP contribution in [-0.2, 0) is 10.0 Å². The SMILES string of the molecule is CCCS(=O)(=O)Nc1ccc(C(=N)N)cc1F. The Morgan fingerprint density at radius 1 is 1.53 bits per heavy atom. The second kappa shape index (κ2) is 5.13. The van der Waals surface area contributed by atoms with Crippen LogP contribution in [0.2, 0.25) is 0 Å². The molecule has 1 aromatic carbocycles. The van der Waals surface area contributed by atoms with Gasteiger partial charge in [0.05, 0.1) is 11.4 Å². The van der Waals surface area contributed by atoms with Gasteiger partial charge in [0.1, 0.15) is 11.7 Å². The first-order chi connectivity index (χ1) is 7.85. The van der Waals surface area contributed by atoms with Gasteiger partial charge in [-0.3, -0.25) is 10.1 Å². The van der Waals surface area contributed by atoms with Crippen LogP contribution in [0.3, 0.4) is 0 Å². The van der Waals surface area contributed by atoms with Crippen molar-refractivity contribution in [3.8, 4) is 0 Å². The number of benzene rings is 1. The zero-order valence-electron chi connectivity index (χ0n) is 9.33. The molecule has 1 aromatic rings. The summed E-state index contributed by atoms with van der Waals surface area (Å²) in [6.45, 7) is 1.72. The fourth-order valence-electron chi connectivity index (χ4n) is 1.25. The summed E-state index contributed by atoms with van der Waals surface area (Å²) >= 11 is 0. The Morgan fingerprint density at radius 2 is 2.18 bits per heavy atom. The summed E-state index contributed by atoms with van der Waals surface area (Å²) in [5.74, 6) is -1.09. The quantitative estimate of drug-likeness (QED) is 0.548. The van der Waals surface area contributed by atoms with Gasteiger partial charge >= 0.3 is 0 Å². The lowest BCUT2D eigenvalue weighted by Gasteiger charge is -2.08. The number of hydrogen-bond acceptors (Lipinski definition) is 3. The fraction of sp³-hybridized carbons (Fsp3) is 0.300. The molecule has 0 unspecified atom stereocenters. The van der Waals surface area contributed by atoms with E-state index >= 15 is 0 Å². The van der Waals surface area contributed by atoms with Crippen LogP contribution in [0.4, 0.5) is 10.1 Å². The molecule has 0 bridgehead atoms. The molecule has 0 aliphatic carbocycles. The third-order valence-electron chi connectivity index (χ3n) is 2.02. The van der Waals surface area contributed by atoms with E-state index in [4.69, 9.17) is 11.1 Å². The molecule has 0 radical (unpaired) electrons. The summed E-state index contributed by atoms with van der Waals surface area (Å²) in [7, 11) is -3.52. The van der Waals surface area contributed by atoms with Gasteiger partial charge in [-0.2, -0.15) is 0 Å². The maximum atomic E-state index is 13.5. The van der Waals surface area contributed by atoms with Crippen LogP contribution >= 0.6 is 0 Å². The summed E-state index contributed by atoms with van der Waals surface area (Å²) in [5.41, 5.74) is 5.26. The first kappa shape index (κ1) is 13.4. The molecule has 0 saturated heterocycles. The van der Waals surface area contributed by atoms with Crippen LogP contribution in [0.15, 0.2) is 18.2 Å². The predicted molar refractivity (Wildman–Crippen MR) is 65.1 cm³/mol. The highest BCUT2D eigenvalue weighted by Crippen LogP contribution is 2.17. The smallest absolute Gasteiger partial charge is 0.232 e. The van der Waals surface area contributed by atoms with Gasteiger partial charge in [-0.25, -0.2) is 12.8 Å². The van der Waals surface area contributed by atoms with Crippen molar-refractivity contribution in [2.24, 2.45) is 5.73 Å². The van der Waals surface area contributed by atoms with E-state index in [0.717, 1.165) is 6.07 Å². The summed E-state index contributed by atoms with van der Waals surface area (Å²) in [6, 6.07) is 3.65. The van der Waals surface area contributed by atoms with E-state index in [-0.39, 0.29) is 22.8 Å². The molecule has 1 rings (SSSR count). The molecule has 0 fully saturated rings. The van der Waals surface area contributed by atoms with Crippen molar-refractivity contribution in [1.82, 2.24) is 0 Å². The minimum absolute atomic E-state index is 0.0686. The normalized spacial score (nSPS) is 11.2. The maximum absolute atomic E-state index is 13.5. The Labute approximate surface area is 99.4 Å². The maximum Gasteiger partial charge on any atom is 0.232 e. The Bertz CT molecular complexity index is 528. The van der Waals surface area contributed by atoms with Crippen LogP contribution in [0, 0.1) is 11.2 Å². The molecule has 0 atom stereocenters.